The summed E-state index contributed by atoms with van der Waals surface area (Å²) in [6.45, 7) is 5.33. The van der Waals surface area contributed by atoms with E-state index in [2.05, 4.69) is 49.4 Å². The predicted octanol–water partition coefficient (Wildman–Crippen LogP) is 4.65. The zero-order valence-electron chi connectivity index (χ0n) is 17.5. The first-order chi connectivity index (χ1) is 15.3. The molecule has 0 amide bonds. The number of aryl methyl sites for hydroxylation is 1. The molecule has 0 spiro atoms. The molecule has 1 saturated heterocycles. The zero-order valence-corrected chi connectivity index (χ0v) is 17.5. The van der Waals surface area contributed by atoms with E-state index in [9.17, 15) is 0 Å². The third-order valence-corrected chi connectivity index (χ3v) is 5.67. The van der Waals surface area contributed by atoms with Gasteiger partial charge in [-0.15, -0.1) is 0 Å². The maximum absolute atomic E-state index is 6.05. The smallest absolute Gasteiger partial charge is 0.133 e. The highest BCUT2D eigenvalue weighted by Crippen LogP contribution is 2.25. The number of benzene rings is 1. The summed E-state index contributed by atoms with van der Waals surface area (Å²) in [5.74, 6) is 0.849. The molecule has 1 aliphatic rings. The minimum atomic E-state index is -0.0347. The van der Waals surface area contributed by atoms with Gasteiger partial charge in [-0.1, -0.05) is 24.3 Å². The summed E-state index contributed by atoms with van der Waals surface area (Å²) in [4.78, 5) is 16.0. The van der Waals surface area contributed by atoms with Crippen LogP contribution in [-0.2, 0) is 11.3 Å². The zero-order chi connectivity index (χ0) is 21.0. The molecule has 6 heteroatoms. The van der Waals surface area contributed by atoms with Crippen LogP contribution in [0.25, 0.3) is 10.9 Å². The van der Waals surface area contributed by atoms with Crippen molar-refractivity contribution >= 4 is 22.4 Å². The van der Waals surface area contributed by atoms with Crippen LogP contribution < -0.4 is 5.32 Å². The Morgan fingerprint density at radius 1 is 1.00 bits per heavy atom. The highest BCUT2D eigenvalue weighted by Gasteiger charge is 2.23. The lowest BCUT2D eigenvalue weighted by atomic mass is 10.1. The molecular formula is C25H25N5O. The summed E-state index contributed by atoms with van der Waals surface area (Å²) < 4.78 is 6.05. The van der Waals surface area contributed by atoms with Crippen LogP contribution in [0.2, 0.25) is 0 Å². The Balaban J connectivity index is 1.27. The van der Waals surface area contributed by atoms with Crippen molar-refractivity contribution in [3.8, 4) is 0 Å². The molecule has 31 heavy (non-hydrogen) atoms. The number of aromatic nitrogens is 3. The lowest BCUT2D eigenvalue weighted by Crippen LogP contribution is -2.38. The molecule has 1 N–H and O–H groups in total. The second kappa shape index (κ2) is 8.79. The first kappa shape index (κ1) is 19.6. The lowest BCUT2D eigenvalue weighted by molar-refractivity contribution is -0.0348. The largest absolute Gasteiger partial charge is 0.369 e. The van der Waals surface area contributed by atoms with Crippen molar-refractivity contribution in [3.63, 3.8) is 0 Å². The average Bonchev–Trinajstić information content (AvgIpc) is 2.82. The molecule has 0 radical (unpaired) electrons. The number of nitrogens with one attached hydrogen (secondary N) is 1. The van der Waals surface area contributed by atoms with E-state index in [1.54, 1.807) is 6.20 Å². The normalized spacial score (nSPS) is 17.0. The molecule has 1 atom stereocenters. The highest BCUT2D eigenvalue weighted by atomic mass is 16.5. The van der Waals surface area contributed by atoms with Gasteiger partial charge in [-0.25, -0.2) is 4.98 Å². The molecule has 0 bridgehead atoms. The molecule has 0 saturated carbocycles. The van der Waals surface area contributed by atoms with Gasteiger partial charge >= 0.3 is 0 Å². The van der Waals surface area contributed by atoms with Gasteiger partial charge in [0.25, 0.3) is 0 Å². The Hall–Kier alpha value is -3.35. The van der Waals surface area contributed by atoms with Crippen molar-refractivity contribution in [2.75, 3.05) is 25.0 Å². The van der Waals surface area contributed by atoms with E-state index in [4.69, 9.17) is 4.74 Å². The van der Waals surface area contributed by atoms with Crippen molar-refractivity contribution in [3.05, 3.63) is 90.0 Å². The molecule has 0 unspecified atom stereocenters. The third-order valence-electron chi connectivity index (χ3n) is 5.67. The SMILES string of the molecule is Cc1cccnc1Nc1ccc([C@@H]2CN(Cc3cccc4ncccc34)CCO2)nc1. The standard InChI is InChI=1S/C25H25N5O/c1-18-5-3-12-27-25(18)29-20-9-10-23(28-15-20)24-17-30(13-14-31-24)16-19-6-2-8-22-21(19)7-4-11-26-22/h2-12,15,24H,13-14,16-17H2,1H3,(H,27,29)/t24-/m0/s1. The quantitative estimate of drug-likeness (QED) is 0.516. The molecule has 6 nitrogen and oxygen atoms in total. The Morgan fingerprint density at radius 2 is 1.90 bits per heavy atom. The molecule has 5 rings (SSSR count). The van der Waals surface area contributed by atoms with E-state index in [-0.39, 0.29) is 6.10 Å². The minimum absolute atomic E-state index is 0.0347. The van der Waals surface area contributed by atoms with Crippen LogP contribution in [0.1, 0.15) is 22.9 Å². The topological polar surface area (TPSA) is 63.2 Å². The van der Waals surface area contributed by atoms with Gasteiger partial charge in [0.1, 0.15) is 11.9 Å². The van der Waals surface area contributed by atoms with E-state index in [1.165, 1.54) is 10.9 Å². The molecule has 156 valence electrons. The van der Waals surface area contributed by atoms with Crippen molar-refractivity contribution in [1.82, 2.24) is 19.9 Å². The number of hydrogen-bond acceptors (Lipinski definition) is 6. The van der Waals surface area contributed by atoms with Gasteiger partial charge in [0, 0.05) is 37.4 Å². The number of morpholine rings is 1. The molecule has 1 aliphatic heterocycles. The molecule has 4 aromatic rings. The van der Waals surface area contributed by atoms with E-state index >= 15 is 0 Å². The second-order valence-electron chi connectivity index (χ2n) is 7.85. The van der Waals surface area contributed by atoms with Crippen LogP contribution in [0.5, 0.6) is 0 Å². The summed E-state index contributed by atoms with van der Waals surface area (Å²) >= 11 is 0. The van der Waals surface area contributed by atoms with E-state index in [0.29, 0.717) is 6.61 Å². The molecule has 1 fully saturated rings. The first-order valence-electron chi connectivity index (χ1n) is 10.6. The Labute approximate surface area is 181 Å². The third kappa shape index (κ3) is 4.40. The van der Waals surface area contributed by atoms with Crippen LogP contribution in [0.3, 0.4) is 0 Å². The fraction of sp³-hybridized carbons (Fsp3) is 0.240. The Kier molecular flexibility index (Phi) is 5.56. The first-order valence-corrected chi connectivity index (χ1v) is 10.6. The minimum Gasteiger partial charge on any atom is -0.369 e. The van der Waals surface area contributed by atoms with E-state index in [1.807, 2.05) is 49.6 Å². The number of rotatable bonds is 5. The lowest BCUT2D eigenvalue weighted by Gasteiger charge is -2.33. The summed E-state index contributed by atoms with van der Waals surface area (Å²) in [7, 11) is 0. The van der Waals surface area contributed by atoms with Gasteiger partial charge in [0.05, 0.1) is 29.7 Å². The molecule has 1 aromatic carbocycles. The van der Waals surface area contributed by atoms with Crippen molar-refractivity contribution in [2.45, 2.75) is 19.6 Å². The van der Waals surface area contributed by atoms with Crippen LogP contribution in [-0.4, -0.2) is 39.5 Å². The number of anilines is 2. The van der Waals surface area contributed by atoms with Gasteiger partial charge in [-0.05, 0) is 48.4 Å². The van der Waals surface area contributed by atoms with Crippen molar-refractivity contribution in [2.24, 2.45) is 0 Å². The highest BCUT2D eigenvalue weighted by molar-refractivity contribution is 5.81. The van der Waals surface area contributed by atoms with Crippen LogP contribution >= 0.6 is 0 Å². The molecule has 4 heterocycles. The monoisotopic (exact) mass is 411 g/mol. The fourth-order valence-corrected chi connectivity index (χ4v) is 3.99. The number of nitrogens with zero attached hydrogens (tertiary/aromatic N) is 4. The second-order valence-corrected chi connectivity index (χ2v) is 7.85. The van der Waals surface area contributed by atoms with Gasteiger partial charge in [0.15, 0.2) is 0 Å². The Bertz CT molecular complexity index is 1170. The maximum Gasteiger partial charge on any atom is 0.133 e. The number of hydrogen-bond donors (Lipinski definition) is 1. The average molecular weight is 412 g/mol. The van der Waals surface area contributed by atoms with E-state index < -0.39 is 0 Å². The summed E-state index contributed by atoms with van der Waals surface area (Å²) in [6.07, 6.45) is 5.44. The molecule has 3 aromatic heterocycles. The van der Waals surface area contributed by atoms with Gasteiger partial charge in [-0.2, -0.15) is 0 Å². The van der Waals surface area contributed by atoms with Crippen LogP contribution in [0.4, 0.5) is 11.5 Å². The maximum atomic E-state index is 6.05. The van der Waals surface area contributed by atoms with Gasteiger partial charge in [-0.3, -0.25) is 14.9 Å². The molecular weight excluding hydrogens is 386 g/mol. The van der Waals surface area contributed by atoms with E-state index in [0.717, 1.165) is 47.9 Å². The van der Waals surface area contributed by atoms with Crippen LogP contribution in [0, 0.1) is 6.92 Å². The summed E-state index contributed by atoms with van der Waals surface area (Å²) in [5.41, 5.74) is 5.30. The van der Waals surface area contributed by atoms with Gasteiger partial charge in [0.2, 0.25) is 0 Å². The summed E-state index contributed by atoms with van der Waals surface area (Å²) in [5, 5.41) is 4.54. The molecule has 0 aliphatic carbocycles. The van der Waals surface area contributed by atoms with Crippen molar-refractivity contribution < 1.29 is 4.74 Å². The fourth-order valence-electron chi connectivity index (χ4n) is 3.99. The number of fused-ring (bicyclic) bond motifs is 1. The van der Waals surface area contributed by atoms with Crippen molar-refractivity contribution in [1.29, 1.82) is 0 Å². The Morgan fingerprint density at radius 3 is 2.77 bits per heavy atom. The predicted molar refractivity (Wildman–Crippen MR) is 122 cm³/mol. The number of pyridine rings is 3. The summed E-state index contributed by atoms with van der Waals surface area (Å²) in [6, 6.07) is 18.5. The van der Waals surface area contributed by atoms with Crippen LogP contribution in [0.15, 0.2) is 73.2 Å². The van der Waals surface area contributed by atoms with Gasteiger partial charge < -0.3 is 10.1 Å². The number of ether oxygens (including phenoxy) is 1.